The van der Waals surface area contributed by atoms with E-state index in [1.807, 2.05) is 36.5 Å². The molecule has 17 heavy (non-hydrogen) atoms. The van der Waals surface area contributed by atoms with Crippen LogP contribution in [0.1, 0.15) is 16.0 Å². The maximum atomic E-state index is 4.27. The zero-order chi connectivity index (χ0) is 11.9. The minimum atomic E-state index is 0.545. The number of thiophene rings is 1. The van der Waals surface area contributed by atoms with Crippen molar-refractivity contribution in [2.24, 2.45) is 4.99 Å². The Hall–Kier alpha value is -1.85. The molecule has 0 aliphatic heterocycles. The Bertz CT molecular complexity index is 555. The van der Waals surface area contributed by atoms with E-state index < -0.39 is 0 Å². The van der Waals surface area contributed by atoms with E-state index in [2.05, 4.69) is 35.2 Å². The van der Waals surface area contributed by atoms with Crippen LogP contribution in [0.3, 0.4) is 0 Å². The summed E-state index contributed by atoms with van der Waals surface area (Å²) in [5.41, 5.74) is 2.20. The Kier molecular flexibility index (Phi) is 4.12. The average molecular weight is 239 g/mol. The van der Waals surface area contributed by atoms with E-state index in [9.17, 15) is 0 Å². The highest BCUT2D eigenvalue weighted by atomic mass is 32.1. The van der Waals surface area contributed by atoms with Crippen LogP contribution in [0.25, 0.3) is 0 Å². The van der Waals surface area contributed by atoms with Gasteiger partial charge in [-0.15, -0.1) is 11.3 Å². The minimum absolute atomic E-state index is 0.545. The third-order valence-corrected chi connectivity index (χ3v) is 3.03. The van der Waals surface area contributed by atoms with Gasteiger partial charge in [-0.25, -0.2) is 0 Å². The predicted molar refractivity (Wildman–Crippen MR) is 74.8 cm³/mol. The van der Waals surface area contributed by atoms with Crippen molar-refractivity contribution in [1.29, 1.82) is 0 Å². The summed E-state index contributed by atoms with van der Waals surface area (Å²) in [4.78, 5) is 5.56. The molecule has 0 radical (unpaired) electrons. The highest BCUT2D eigenvalue weighted by molar-refractivity contribution is 7.10. The summed E-state index contributed by atoms with van der Waals surface area (Å²) in [6, 6.07) is 12.1. The van der Waals surface area contributed by atoms with Gasteiger partial charge in [0.1, 0.15) is 6.54 Å². The van der Waals surface area contributed by atoms with Gasteiger partial charge in [-0.3, -0.25) is 4.99 Å². The third kappa shape index (κ3) is 3.90. The first-order chi connectivity index (χ1) is 8.34. The molecule has 0 aliphatic rings. The molecule has 0 fully saturated rings. The molecule has 2 heteroatoms. The van der Waals surface area contributed by atoms with E-state index in [0.717, 1.165) is 11.1 Å². The number of hydrogen-bond donors (Lipinski definition) is 0. The van der Waals surface area contributed by atoms with Crippen LogP contribution in [0.2, 0.25) is 0 Å². The zero-order valence-corrected chi connectivity index (χ0v) is 10.5. The molecule has 0 saturated heterocycles. The van der Waals surface area contributed by atoms with Gasteiger partial charge in [-0.05, 0) is 18.6 Å². The van der Waals surface area contributed by atoms with E-state index in [4.69, 9.17) is 0 Å². The van der Waals surface area contributed by atoms with E-state index in [-0.39, 0.29) is 0 Å². The van der Waals surface area contributed by atoms with Crippen molar-refractivity contribution in [3.8, 4) is 11.8 Å². The van der Waals surface area contributed by atoms with Crippen molar-refractivity contribution in [3.05, 3.63) is 57.8 Å². The number of hydrogen-bond acceptors (Lipinski definition) is 2. The molecule has 0 atom stereocenters. The molecule has 0 amide bonds. The molecule has 2 aromatic rings. The highest BCUT2D eigenvalue weighted by Gasteiger charge is 1.89. The van der Waals surface area contributed by atoms with Crippen molar-refractivity contribution >= 4 is 17.6 Å². The Morgan fingerprint density at radius 1 is 1.29 bits per heavy atom. The Morgan fingerprint density at radius 2 is 2.12 bits per heavy atom. The fourth-order valence-corrected chi connectivity index (χ4v) is 2.02. The number of aryl methyl sites for hydroxylation is 1. The van der Waals surface area contributed by atoms with Gasteiger partial charge >= 0.3 is 0 Å². The number of aliphatic imine (C=N–C) groups is 1. The first-order valence-corrected chi connectivity index (χ1v) is 6.31. The molecule has 0 bridgehead atoms. The quantitative estimate of drug-likeness (QED) is 0.561. The summed E-state index contributed by atoms with van der Waals surface area (Å²) in [6.07, 6.45) is 1.85. The highest BCUT2D eigenvalue weighted by Crippen LogP contribution is 2.11. The van der Waals surface area contributed by atoms with Gasteiger partial charge in [-0.1, -0.05) is 42.2 Å². The molecule has 84 valence electrons. The lowest BCUT2D eigenvalue weighted by Gasteiger charge is -1.88. The molecule has 0 saturated carbocycles. The standard InChI is InChI=1S/C15H13NS/c1-13-10-15(12-17-13)8-5-9-16-11-14-6-3-2-4-7-14/h2-4,6-7,10-12H,9H2,1H3. The second kappa shape index (κ2) is 6.03. The molecule has 2 rings (SSSR count). The van der Waals surface area contributed by atoms with Crippen molar-refractivity contribution in [3.63, 3.8) is 0 Å². The summed E-state index contributed by atoms with van der Waals surface area (Å²) >= 11 is 1.72. The maximum Gasteiger partial charge on any atom is 0.100 e. The maximum absolute atomic E-state index is 4.27. The van der Waals surface area contributed by atoms with Gasteiger partial charge in [0.15, 0.2) is 0 Å². The molecule has 0 spiro atoms. The average Bonchev–Trinajstić information content (AvgIpc) is 2.76. The van der Waals surface area contributed by atoms with Crippen LogP contribution in [0, 0.1) is 18.8 Å². The van der Waals surface area contributed by atoms with Gasteiger partial charge in [0.2, 0.25) is 0 Å². The molecule has 1 aromatic carbocycles. The molecule has 0 aliphatic carbocycles. The summed E-state index contributed by atoms with van der Waals surface area (Å²) in [5.74, 6) is 6.14. The largest absolute Gasteiger partial charge is 0.280 e. The second-order valence-corrected chi connectivity index (χ2v) is 4.74. The monoisotopic (exact) mass is 239 g/mol. The summed E-state index contributed by atoms with van der Waals surface area (Å²) in [5, 5.41) is 2.07. The topological polar surface area (TPSA) is 12.4 Å². The summed E-state index contributed by atoms with van der Waals surface area (Å²) in [7, 11) is 0. The number of benzene rings is 1. The van der Waals surface area contributed by atoms with Crippen LogP contribution in [-0.4, -0.2) is 12.8 Å². The van der Waals surface area contributed by atoms with E-state index >= 15 is 0 Å². The smallest absolute Gasteiger partial charge is 0.100 e. The molecular weight excluding hydrogens is 226 g/mol. The van der Waals surface area contributed by atoms with Gasteiger partial charge < -0.3 is 0 Å². The SMILES string of the molecule is Cc1cc(C#CCN=Cc2ccccc2)cs1. The van der Waals surface area contributed by atoms with Gasteiger partial charge in [-0.2, -0.15) is 0 Å². The van der Waals surface area contributed by atoms with E-state index in [1.165, 1.54) is 4.88 Å². The lowest BCUT2D eigenvalue weighted by molar-refractivity contribution is 1.30. The molecule has 1 aromatic heterocycles. The summed E-state index contributed by atoms with van der Waals surface area (Å²) < 4.78 is 0. The number of nitrogens with zero attached hydrogens (tertiary/aromatic N) is 1. The van der Waals surface area contributed by atoms with Crippen molar-refractivity contribution in [1.82, 2.24) is 0 Å². The van der Waals surface area contributed by atoms with Crippen LogP contribution < -0.4 is 0 Å². The Balaban J connectivity index is 1.88. The van der Waals surface area contributed by atoms with E-state index in [0.29, 0.717) is 6.54 Å². The first kappa shape index (κ1) is 11.6. The van der Waals surface area contributed by atoms with Crippen molar-refractivity contribution in [2.75, 3.05) is 6.54 Å². The van der Waals surface area contributed by atoms with Crippen molar-refractivity contribution in [2.45, 2.75) is 6.92 Å². The third-order valence-electron chi connectivity index (χ3n) is 2.17. The zero-order valence-electron chi connectivity index (χ0n) is 9.68. The predicted octanol–water partition coefficient (Wildman–Crippen LogP) is 3.53. The fraction of sp³-hybridized carbons (Fsp3) is 0.133. The molecule has 1 heterocycles. The Morgan fingerprint density at radius 3 is 2.82 bits per heavy atom. The van der Waals surface area contributed by atoms with Crippen molar-refractivity contribution < 1.29 is 0 Å². The van der Waals surface area contributed by atoms with E-state index in [1.54, 1.807) is 11.3 Å². The Labute approximate surface area is 106 Å². The molecular formula is C15H13NS. The summed E-state index contributed by atoms with van der Waals surface area (Å²) in [6.45, 7) is 2.63. The second-order valence-electron chi connectivity index (χ2n) is 3.63. The molecule has 0 unspecified atom stereocenters. The first-order valence-electron chi connectivity index (χ1n) is 5.43. The van der Waals surface area contributed by atoms with Crippen LogP contribution in [0.5, 0.6) is 0 Å². The van der Waals surface area contributed by atoms with Crippen LogP contribution in [0.4, 0.5) is 0 Å². The van der Waals surface area contributed by atoms with Crippen LogP contribution in [-0.2, 0) is 0 Å². The van der Waals surface area contributed by atoms with Gasteiger partial charge in [0.05, 0.1) is 0 Å². The van der Waals surface area contributed by atoms with Gasteiger partial charge in [0.25, 0.3) is 0 Å². The van der Waals surface area contributed by atoms with Crippen LogP contribution >= 0.6 is 11.3 Å². The molecule has 0 N–H and O–H groups in total. The lowest BCUT2D eigenvalue weighted by atomic mass is 10.2. The minimum Gasteiger partial charge on any atom is -0.280 e. The molecule has 1 nitrogen and oxygen atoms in total. The normalized spacial score (nSPS) is 10.2. The fourth-order valence-electron chi connectivity index (χ4n) is 1.39. The van der Waals surface area contributed by atoms with Crippen LogP contribution in [0.15, 0.2) is 46.8 Å². The lowest BCUT2D eigenvalue weighted by Crippen LogP contribution is -1.81. The van der Waals surface area contributed by atoms with Gasteiger partial charge in [0, 0.05) is 22.0 Å². The number of rotatable bonds is 2.